The van der Waals surface area contributed by atoms with Crippen LogP contribution in [0.5, 0.6) is 0 Å². The number of allylic oxidation sites excluding steroid dienone is 1. The zero-order chi connectivity index (χ0) is 14.8. The van der Waals surface area contributed by atoms with Crippen LogP contribution in [-0.2, 0) is 0 Å². The third-order valence-corrected chi connectivity index (χ3v) is 3.43. The predicted molar refractivity (Wildman–Crippen MR) is 81.8 cm³/mol. The average molecular weight is 281 g/mol. The summed E-state index contributed by atoms with van der Waals surface area (Å²) in [6.45, 7) is 0. The van der Waals surface area contributed by atoms with E-state index in [-0.39, 0.29) is 5.46 Å². The Bertz CT molecular complexity index is 726. The summed E-state index contributed by atoms with van der Waals surface area (Å²) in [6, 6.07) is 14.1. The zero-order valence-electron chi connectivity index (χ0n) is 11.2. The third-order valence-electron chi connectivity index (χ3n) is 3.43. The maximum atomic E-state index is 13.8. The Morgan fingerprint density at radius 2 is 1.76 bits per heavy atom. The molecule has 0 saturated carbocycles. The Kier molecular flexibility index (Phi) is 3.69. The predicted octanol–water partition coefficient (Wildman–Crippen LogP) is 1.74. The van der Waals surface area contributed by atoms with Crippen LogP contribution in [0.4, 0.5) is 4.39 Å². The monoisotopic (exact) mass is 281 g/mol. The number of benzene rings is 2. The van der Waals surface area contributed by atoms with Gasteiger partial charge >= 0.3 is 7.12 Å². The van der Waals surface area contributed by atoms with Crippen LogP contribution in [0.25, 0.3) is 5.70 Å². The number of aliphatic imine (C=N–C) groups is 1. The van der Waals surface area contributed by atoms with E-state index in [1.165, 1.54) is 12.1 Å². The number of hydrogen-bond acceptors (Lipinski definition) is 3. The minimum Gasteiger partial charge on any atom is -0.423 e. The smallest absolute Gasteiger partial charge is 0.423 e. The summed E-state index contributed by atoms with van der Waals surface area (Å²) in [6.07, 6.45) is 2.63. The van der Waals surface area contributed by atoms with E-state index in [1.807, 2.05) is 36.4 Å². The van der Waals surface area contributed by atoms with E-state index in [0.29, 0.717) is 12.0 Å². The first-order valence-electron chi connectivity index (χ1n) is 6.64. The first-order chi connectivity index (χ1) is 10.1. The standard InChI is InChI=1S/C16H13BFNO2/c18-14-10-12(6-7-13(14)17(20)21)16-9-8-15(19-16)11-4-2-1-3-5-11/h1-8,10,20-21H,9H2. The SMILES string of the molecule is OB(O)c1ccc(C2=NC(c3ccccc3)=CC2)cc1F. The molecule has 3 rings (SSSR count). The van der Waals surface area contributed by atoms with Crippen molar-refractivity contribution in [3.8, 4) is 0 Å². The molecule has 0 bridgehead atoms. The molecule has 3 nitrogen and oxygen atoms in total. The first-order valence-corrected chi connectivity index (χ1v) is 6.64. The largest absolute Gasteiger partial charge is 0.491 e. The van der Waals surface area contributed by atoms with Crippen molar-refractivity contribution in [3.63, 3.8) is 0 Å². The van der Waals surface area contributed by atoms with Gasteiger partial charge in [0.1, 0.15) is 5.82 Å². The van der Waals surface area contributed by atoms with Gasteiger partial charge < -0.3 is 10.0 Å². The fourth-order valence-electron chi connectivity index (χ4n) is 2.32. The van der Waals surface area contributed by atoms with Crippen LogP contribution in [0.1, 0.15) is 17.5 Å². The summed E-state index contributed by atoms with van der Waals surface area (Å²) in [5.41, 5.74) is 3.19. The van der Waals surface area contributed by atoms with Crippen molar-refractivity contribution in [1.29, 1.82) is 0 Å². The van der Waals surface area contributed by atoms with Crippen molar-refractivity contribution in [3.05, 3.63) is 71.6 Å². The van der Waals surface area contributed by atoms with Gasteiger partial charge in [0, 0.05) is 11.9 Å². The molecule has 2 N–H and O–H groups in total. The van der Waals surface area contributed by atoms with E-state index in [4.69, 9.17) is 10.0 Å². The second kappa shape index (κ2) is 5.64. The second-order valence-electron chi connectivity index (χ2n) is 4.83. The van der Waals surface area contributed by atoms with E-state index in [9.17, 15) is 4.39 Å². The van der Waals surface area contributed by atoms with Crippen LogP contribution in [0.2, 0.25) is 0 Å². The normalized spacial score (nSPS) is 13.9. The van der Waals surface area contributed by atoms with Gasteiger partial charge in [-0.05, 0) is 17.2 Å². The van der Waals surface area contributed by atoms with Crippen molar-refractivity contribution in [2.75, 3.05) is 0 Å². The molecular weight excluding hydrogens is 268 g/mol. The topological polar surface area (TPSA) is 52.8 Å². The summed E-state index contributed by atoms with van der Waals surface area (Å²) in [4.78, 5) is 4.53. The van der Waals surface area contributed by atoms with E-state index in [0.717, 1.165) is 17.0 Å². The molecule has 0 aromatic heterocycles. The van der Waals surface area contributed by atoms with Gasteiger partial charge in [-0.25, -0.2) is 4.39 Å². The fourth-order valence-corrected chi connectivity index (χ4v) is 2.32. The molecule has 2 aromatic rings. The molecule has 1 heterocycles. The van der Waals surface area contributed by atoms with Crippen molar-refractivity contribution in [2.24, 2.45) is 4.99 Å². The van der Waals surface area contributed by atoms with Crippen molar-refractivity contribution >= 4 is 24.0 Å². The summed E-state index contributed by atoms with van der Waals surface area (Å²) >= 11 is 0. The highest BCUT2D eigenvalue weighted by atomic mass is 19.1. The minimum atomic E-state index is -1.80. The van der Waals surface area contributed by atoms with Crippen LogP contribution < -0.4 is 5.46 Å². The Morgan fingerprint density at radius 3 is 2.43 bits per heavy atom. The molecule has 0 fully saturated rings. The number of rotatable bonds is 3. The van der Waals surface area contributed by atoms with Gasteiger partial charge in [0.25, 0.3) is 0 Å². The summed E-state index contributed by atoms with van der Waals surface area (Å²) in [5.74, 6) is -0.640. The zero-order valence-corrected chi connectivity index (χ0v) is 11.2. The molecule has 0 saturated heterocycles. The van der Waals surface area contributed by atoms with Crippen LogP contribution in [0, 0.1) is 5.82 Å². The Labute approximate surface area is 122 Å². The van der Waals surface area contributed by atoms with E-state index < -0.39 is 12.9 Å². The van der Waals surface area contributed by atoms with Gasteiger partial charge in [-0.15, -0.1) is 0 Å². The van der Waals surface area contributed by atoms with Crippen molar-refractivity contribution in [2.45, 2.75) is 6.42 Å². The van der Waals surface area contributed by atoms with Gasteiger partial charge in [0.15, 0.2) is 0 Å². The van der Waals surface area contributed by atoms with Crippen LogP contribution in [0.15, 0.2) is 59.6 Å². The quantitative estimate of drug-likeness (QED) is 0.842. The molecule has 0 atom stereocenters. The Morgan fingerprint density at radius 1 is 1.00 bits per heavy atom. The molecule has 0 amide bonds. The highest BCUT2D eigenvalue weighted by Gasteiger charge is 2.19. The van der Waals surface area contributed by atoms with E-state index in [2.05, 4.69) is 4.99 Å². The second-order valence-corrected chi connectivity index (χ2v) is 4.83. The lowest BCUT2D eigenvalue weighted by Gasteiger charge is -2.05. The number of hydrogen-bond donors (Lipinski definition) is 2. The summed E-state index contributed by atoms with van der Waals surface area (Å²) in [5, 5.41) is 18.1. The van der Waals surface area contributed by atoms with Crippen LogP contribution >= 0.6 is 0 Å². The molecular formula is C16H13BFNO2. The molecule has 1 aliphatic rings. The van der Waals surface area contributed by atoms with Gasteiger partial charge in [0.05, 0.1) is 11.4 Å². The van der Waals surface area contributed by atoms with E-state index >= 15 is 0 Å². The summed E-state index contributed by atoms with van der Waals surface area (Å²) < 4.78 is 13.8. The van der Waals surface area contributed by atoms with Crippen molar-refractivity contribution < 1.29 is 14.4 Å². The fraction of sp³-hybridized carbons (Fsp3) is 0.0625. The molecule has 0 radical (unpaired) electrons. The van der Waals surface area contributed by atoms with Gasteiger partial charge in [-0.3, -0.25) is 4.99 Å². The maximum absolute atomic E-state index is 13.8. The molecule has 5 heteroatoms. The average Bonchev–Trinajstić information content (AvgIpc) is 2.97. The van der Waals surface area contributed by atoms with Gasteiger partial charge in [0.2, 0.25) is 0 Å². The highest BCUT2D eigenvalue weighted by molar-refractivity contribution is 6.58. The number of nitrogens with zero attached hydrogens (tertiary/aromatic N) is 1. The Hall–Kier alpha value is -2.24. The lowest BCUT2D eigenvalue weighted by Crippen LogP contribution is -2.32. The lowest BCUT2D eigenvalue weighted by atomic mass is 9.79. The molecule has 21 heavy (non-hydrogen) atoms. The highest BCUT2D eigenvalue weighted by Crippen LogP contribution is 2.24. The Balaban J connectivity index is 1.88. The molecule has 104 valence electrons. The lowest BCUT2D eigenvalue weighted by molar-refractivity contribution is 0.423. The van der Waals surface area contributed by atoms with Crippen LogP contribution in [-0.4, -0.2) is 22.9 Å². The summed E-state index contributed by atoms with van der Waals surface area (Å²) in [7, 11) is -1.80. The van der Waals surface area contributed by atoms with Crippen molar-refractivity contribution in [1.82, 2.24) is 0 Å². The molecule has 0 spiro atoms. The van der Waals surface area contributed by atoms with E-state index in [1.54, 1.807) is 6.07 Å². The van der Waals surface area contributed by atoms with Gasteiger partial charge in [-0.2, -0.15) is 0 Å². The molecule has 1 aliphatic heterocycles. The molecule has 2 aromatic carbocycles. The van der Waals surface area contributed by atoms with Crippen LogP contribution in [0.3, 0.4) is 0 Å². The maximum Gasteiger partial charge on any atom is 0.491 e. The number of halogens is 1. The molecule has 0 aliphatic carbocycles. The molecule has 0 unspecified atom stereocenters. The third kappa shape index (κ3) is 2.79. The van der Waals surface area contributed by atoms with Gasteiger partial charge in [-0.1, -0.05) is 48.5 Å². The first kappa shape index (κ1) is 13.7. The minimum absolute atomic E-state index is 0.131.